The number of anilines is 1. The fraction of sp³-hybridized carbons (Fsp3) is 0.375. The van der Waals surface area contributed by atoms with Crippen molar-refractivity contribution in [2.75, 3.05) is 26.0 Å². The Kier molecular flexibility index (Phi) is 3.81. The van der Waals surface area contributed by atoms with Crippen molar-refractivity contribution in [3.05, 3.63) is 12.4 Å². The molecule has 6 nitrogen and oxygen atoms in total. The lowest BCUT2D eigenvalue weighted by Gasteiger charge is -2.03. The first-order valence-corrected chi connectivity index (χ1v) is 4.06. The molecule has 2 N–H and O–H groups in total. The summed E-state index contributed by atoms with van der Waals surface area (Å²) in [6.07, 6.45) is 2.97. The van der Waals surface area contributed by atoms with Crippen molar-refractivity contribution in [1.82, 2.24) is 15.3 Å². The van der Waals surface area contributed by atoms with Gasteiger partial charge in [-0.25, -0.2) is 9.97 Å². The predicted molar refractivity (Wildman–Crippen MR) is 51.1 cm³/mol. The normalized spacial score (nSPS) is 9.57. The number of ether oxygens (including phenoxy) is 1. The van der Waals surface area contributed by atoms with E-state index in [1.807, 2.05) is 0 Å². The van der Waals surface area contributed by atoms with Gasteiger partial charge in [-0.05, 0) is 7.05 Å². The molecule has 0 aliphatic rings. The maximum absolute atomic E-state index is 11.1. The van der Waals surface area contributed by atoms with E-state index in [-0.39, 0.29) is 18.5 Å². The van der Waals surface area contributed by atoms with E-state index in [0.717, 1.165) is 0 Å². The summed E-state index contributed by atoms with van der Waals surface area (Å²) in [7, 11) is 3.18. The Morgan fingerprint density at radius 2 is 2.14 bits per heavy atom. The summed E-state index contributed by atoms with van der Waals surface area (Å²) in [6, 6.07) is 0.275. The minimum absolute atomic E-state index is 0.138. The summed E-state index contributed by atoms with van der Waals surface area (Å²) < 4.78 is 4.77. The smallest absolute Gasteiger partial charge is 0.316 e. The molecule has 0 aliphatic carbocycles. The maximum Gasteiger partial charge on any atom is 0.316 e. The molecule has 0 fully saturated rings. The van der Waals surface area contributed by atoms with Crippen LogP contribution >= 0.6 is 0 Å². The molecule has 0 unspecified atom stereocenters. The lowest BCUT2D eigenvalue weighted by molar-refractivity contribution is -0.115. The molecular formula is C8H12N4O2. The molecule has 1 aromatic heterocycles. The fourth-order valence-corrected chi connectivity index (χ4v) is 0.852. The number of carbonyl (C=O) groups is 1. The number of nitrogens with one attached hydrogen (secondary N) is 2. The molecular weight excluding hydrogens is 184 g/mol. The zero-order valence-electron chi connectivity index (χ0n) is 8.07. The number of methoxy groups -OCH3 is 1. The van der Waals surface area contributed by atoms with Gasteiger partial charge < -0.3 is 15.4 Å². The number of carbonyl (C=O) groups excluding carboxylic acids is 1. The molecule has 0 radical (unpaired) electrons. The van der Waals surface area contributed by atoms with Gasteiger partial charge in [-0.1, -0.05) is 0 Å². The largest absolute Gasteiger partial charge is 0.467 e. The molecule has 0 atom stereocenters. The zero-order valence-corrected chi connectivity index (χ0v) is 8.07. The van der Waals surface area contributed by atoms with Crippen LogP contribution in [0.15, 0.2) is 12.4 Å². The number of hydrogen-bond acceptors (Lipinski definition) is 5. The second kappa shape index (κ2) is 5.13. The van der Waals surface area contributed by atoms with Gasteiger partial charge in [-0.15, -0.1) is 0 Å². The Morgan fingerprint density at radius 1 is 1.50 bits per heavy atom. The molecule has 1 heterocycles. The van der Waals surface area contributed by atoms with E-state index < -0.39 is 0 Å². The Bertz CT molecular complexity index is 299. The van der Waals surface area contributed by atoms with Crippen LogP contribution in [0.4, 0.5) is 5.69 Å². The molecule has 14 heavy (non-hydrogen) atoms. The van der Waals surface area contributed by atoms with Crippen LogP contribution in [-0.4, -0.2) is 36.6 Å². The third-order valence-electron chi connectivity index (χ3n) is 1.43. The zero-order chi connectivity index (χ0) is 10.4. The summed E-state index contributed by atoms with van der Waals surface area (Å²) in [5.41, 5.74) is 0.547. The molecule has 6 heteroatoms. The molecule has 0 aromatic carbocycles. The van der Waals surface area contributed by atoms with E-state index in [9.17, 15) is 4.79 Å². The molecule has 1 aromatic rings. The first-order chi connectivity index (χ1) is 6.76. The lowest BCUT2D eigenvalue weighted by Crippen LogP contribution is -2.25. The van der Waals surface area contributed by atoms with Gasteiger partial charge in [0.05, 0.1) is 31.7 Å². The van der Waals surface area contributed by atoms with Crippen LogP contribution in [0.3, 0.4) is 0 Å². The lowest BCUT2D eigenvalue weighted by atomic mass is 10.5. The van der Waals surface area contributed by atoms with E-state index in [2.05, 4.69) is 20.6 Å². The molecule has 0 spiro atoms. The molecule has 1 rings (SSSR count). The van der Waals surface area contributed by atoms with Gasteiger partial charge >= 0.3 is 6.01 Å². The molecule has 0 aliphatic heterocycles. The van der Waals surface area contributed by atoms with Gasteiger partial charge in [-0.2, -0.15) is 0 Å². The van der Waals surface area contributed by atoms with Gasteiger partial charge in [0, 0.05) is 0 Å². The quantitative estimate of drug-likeness (QED) is 0.688. The highest BCUT2D eigenvalue weighted by molar-refractivity contribution is 5.91. The number of amides is 1. The molecule has 0 bridgehead atoms. The highest BCUT2D eigenvalue weighted by atomic mass is 16.5. The van der Waals surface area contributed by atoms with Crippen molar-refractivity contribution in [1.29, 1.82) is 0 Å². The van der Waals surface area contributed by atoms with Crippen molar-refractivity contribution < 1.29 is 9.53 Å². The average Bonchev–Trinajstić information content (AvgIpc) is 2.19. The topological polar surface area (TPSA) is 76.1 Å². The first-order valence-electron chi connectivity index (χ1n) is 4.06. The third kappa shape index (κ3) is 2.98. The molecule has 0 saturated carbocycles. The van der Waals surface area contributed by atoms with Crippen LogP contribution in [0.5, 0.6) is 6.01 Å². The monoisotopic (exact) mass is 196 g/mol. The summed E-state index contributed by atoms with van der Waals surface area (Å²) >= 11 is 0. The fourth-order valence-electron chi connectivity index (χ4n) is 0.852. The van der Waals surface area contributed by atoms with Crippen molar-refractivity contribution in [2.45, 2.75) is 0 Å². The van der Waals surface area contributed by atoms with Crippen LogP contribution in [0.25, 0.3) is 0 Å². The van der Waals surface area contributed by atoms with Crippen LogP contribution in [0, 0.1) is 0 Å². The summed E-state index contributed by atoms with van der Waals surface area (Å²) in [5, 5.41) is 5.34. The Balaban J connectivity index is 2.55. The number of rotatable bonds is 4. The van der Waals surface area contributed by atoms with Crippen molar-refractivity contribution in [2.24, 2.45) is 0 Å². The van der Waals surface area contributed by atoms with E-state index in [4.69, 9.17) is 4.74 Å². The van der Waals surface area contributed by atoms with Crippen LogP contribution in [-0.2, 0) is 4.79 Å². The minimum Gasteiger partial charge on any atom is -0.467 e. The van der Waals surface area contributed by atoms with Crippen LogP contribution in [0.1, 0.15) is 0 Å². The van der Waals surface area contributed by atoms with Gasteiger partial charge in [0.25, 0.3) is 0 Å². The van der Waals surface area contributed by atoms with Gasteiger partial charge in [-0.3, -0.25) is 4.79 Å². The summed E-state index contributed by atoms with van der Waals surface area (Å²) in [6.45, 7) is 0.256. The average molecular weight is 196 g/mol. The van der Waals surface area contributed by atoms with E-state index in [1.54, 1.807) is 7.05 Å². The third-order valence-corrected chi connectivity index (χ3v) is 1.43. The second-order valence-electron chi connectivity index (χ2n) is 2.54. The van der Waals surface area contributed by atoms with E-state index in [0.29, 0.717) is 5.69 Å². The summed E-state index contributed by atoms with van der Waals surface area (Å²) in [5.74, 6) is -0.138. The first kappa shape index (κ1) is 10.4. The number of likely N-dealkylation sites (N-methyl/N-ethyl adjacent to an activating group) is 1. The van der Waals surface area contributed by atoms with Gasteiger partial charge in [0.2, 0.25) is 5.91 Å². The second-order valence-corrected chi connectivity index (χ2v) is 2.54. The van der Waals surface area contributed by atoms with Crippen LogP contribution < -0.4 is 15.4 Å². The van der Waals surface area contributed by atoms with Crippen molar-refractivity contribution in [3.63, 3.8) is 0 Å². The highest BCUT2D eigenvalue weighted by Crippen LogP contribution is 2.05. The Labute approximate surface area is 81.7 Å². The van der Waals surface area contributed by atoms with Crippen molar-refractivity contribution in [3.8, 4) is 6.01 Å². The van der Waals surface area contributed by atoms with E-state index >= 15 is 0 Å². The Hall–Kier alpha value is -1.69. The molecule has 0 saturated heterocycles. The number of hydrogen-bond donors (Lipinski definition) is 2. The van der Waals surface area contributed by atoms with Crippen molar-refractivity contribution >= 4 is 11.6 Å². The highest BCUT2D eigenvalue weighted by Gasteiger charge is 2.01. The standard InChI is InChI=1S/C8H12N4O2/c1-9-5-7(13)12-6-3-10-8(14-2)11-4-6/h3-4,9H,5H2,1-2H3,(H,12,13). The molecule has 1 amide bonds. The SMILES string of the molecule is CNCC(=O)Nc1cnc(OC)nc1. The maximum atomic E-state index is 11.1. The van der Waals surface area contributed by atoms with Gasteiger partial charge in [0.1, 0.15) is 0 Å². The Morgan fingerprint density at radius 3 is 2.64 bits per heavy atom. The van der Waals surface area contributed by atoms with Gasteiger partial charge in [0.15, 0.2) is 0 Å². The van der Waals surface area contributed by atoms with Crippen LogP contribution in [0.2, 0.25) is 0 Å². The number of aromatic nitrogens is 2. The molecule has 76 valence electrons. The van der Waals surface area contributed by atoms with E-state index in [1.165, 1.54) is 19.5 Å². The predicted octanol–water partition coefficient (Wildman–Crippen LogP) is -0.357. The summed E-state index contributed by atoms with van der Waals surface area (Å²) in [4.78, 5) is 18.8. The number of nitrogens with zero attached hydrogens (tertiary/aromatic N) is 2. The minimum atomic E-state index is -0.138.